The van der Waals surface area contributed by atoms with Crippen molar-refractivity contribution in [1.29, 1.82) is 0 Å². The van der Waals surface area contributed by atoms with Crippen LogP contribution in [0.3, 0.4) is 0 Å². The molecule has 1 aliphatic heterocycles. The van der Waals surface area contributed by atoms with Gasteiger partial charge in [-0.3, -0.25) is 0 Å². The quantitative estimate of drug-likeness (QED) is 0.681. The Hall–Kier alpha value is -0.870. The van der Waals surface area contributed by atoms with Crippen molar-refractivity contribution < 1.29 is 9.90 Å². The van der Waals surface area contributed by atoms with Crippen molar-refractivity contribution in [2.75, 3.05) is 26.2 Å². The molecule has 0 spiro atoms. The van der Waals surface area contributed by atoms with Crippen LogP contribution in [0.2, 0.25) is 0 Å². The van der Waals surface area contributed by atoms with Crippen LogP contribution in [0, 0.1) is 0 Å². The fourth-order valence-corrected chi connectivity index (χ4v) is 2.41. The number of piperidine rings is 1. The van der Waals surface area contributed by atoms with E-state index >= 15 is 0 Å². The highest BCUT2D eigenvalue weighted by Gasteiger charge is 2.17. The predicted molar refractivity (Wildman–Crippen MR) is 73.8 cm³/mol. The van der Waals surface area contributed by atoms with Crippen molar-refractivity contribution in [3.05, 3.63) is 11.6 Å². The van der Waals surface area contributed by atoms with Gasteiger partial charge >= 0.3 is 5.97 Å². The van der Waals surface area contributed by atoms with E-state index in [0.29, 0.717) is 24.6 Å². The lowest BCUT2D eigenvalue weighted by atomic mass is 10.0. The maximum Gasteiger partial charge on any atom is 0.331 e. The van der Waals surface area contributed by atoms with E-state index in [9.17, 15) is 4.79 Å². The van der Waals surface area contributed by atoms with Gasteiger partial charge in [0.1, 0.15) is 0 Å². The number of carboxylic acid groups (broad SMARTS) is 1. The maximum absolute atomic E-state index is 10.8. The Labute approximate surface area is 110 Å². The standard InChI is InChI=1S/C14H26N2O2/c1-3-9-16-10-6-13(7-11-16)15-8-5-12(4-2)14(17)18/h5,13,15H,3-4,6-11H2,1-2H3,(H,17,18)/b12-5-. The van der Waals surface area contributed by atoms with Crippen LogP contribution in [0.25, 0.3) is 0 Å². The van der Waals surface area contributed by atoms with E-state index in [-0.39, 0.29) is 0 Å². The lowest BCUT2D eigenvalue weighted by Crippen LogP contribution is -2.42. The minimum atomic E-state index is -0.794. The first kappa shape index (κ1) is 15.2. The molecular formula is C14H26N2O2. The van der Waals surface area contributed by atoms with Crippen LogP contribution in [0.15, 0.2) is 11.6 Å². The zero-order chi connectivity index (χ0) is 13.4. The first-order chi connectivity index (χ1) is 8.67. The number of nitrogens with one attached hydrogen (secondary N) is 1. The molecule has 0 bridgehead atoms. The van der Waals surface area contributed by atoms with Crippen LogP contribution in [0.1, 0.15) is 39.5 Å². The van der Waals surface area contributed by atoms with E-state index in [4.69, 9.17) is 5.11 Å². The molecule has 4 heteroatoms. The van der Waals surface area contributed by atoms with Crippen LogP contribution >= 0.6 is 0 Å². The van der Waals surface area contributed by atoms with Crippen molar-refractivity contribution in [3.63, 3.8) is 0 Å². The van der Waals surface area contributed by atoms with Gasteiger partial charge in [0.15, 0.2) is 0 Å². The van der Waals surface area contributed by atoms with Crippen LogP contribution in [0.4, 0.5) is 0 Å². The molecule has 0 amide bonds. The molecule has 0 saturated carbocycles. The lowest BCUT2D eigenvalue weighted by molar-refractivity contribution is -0.132. The summed E-state index contributed by atoms with van der Waals surface area (Å²) >= 11 is 0. The molecule has 104 valence electrons. The molecule has 1 heterocycles. The number of aliphatic carboxylic acids is 1. The van der Waals surface area contributed by atoms with Gasteiger partial charge in [0, 0.05) is 18.2 Å². The molecule has 0 radical (unpaired) electrons. The summed E-state index contributed by atoms with van der Waals surface area (Å²) in [6, 6.07) is 0.543. The van der Waals surface area contributed by atoms with Crippen molar-refractivity contribution >= 4 is 5.97 Å². The third-order valence-electron chi connectivity index (χ3n) is 3.54. The molecule has 2 N–H and O–H groups in total. The topological polar surface area (TPSA) is 52.6 Å². The summed E-state index contributed by atoms with van der Waals surface area (Å²) in [6.45, 7) is 8.29. The molecule has 0 aromatic carbocycles. The molecular weight excluding hydrogens is 228 g/mol. The number of carboxylic acids is 1. The lowest BCUT2D eigenvalue weighted by Gasteiger charge is -2.32. The highest BCUT2D eigenvalue weighted by molar-refractivity contribution is 5.86. The Balaban J connectivity index is 2.23. The van der Waals surface area contributed by atoms with Gasteiger partial charge in [0.2, 0.25) is 0 Å². The molecule has 0 atom stereocenters. The molecule has 1 aliphatic rings. The number of carbonyl (C=O) groups is 1. The summed E-state index contributed by atoms with van der Waals surface area (Å²) in [4.78, 5) is 13.3. The summed E-state index contributed by atoms with van der Waals surface area (Å²) in [7, 11) is 0. The summed E-state index contributed by atoms with van der Waals surface area (Å²) in [6.07, 6.45) is 5.96. The van der Waals surface area contributed by atoms with E-state index in [2.05, 4.69) is 17.1 Å². The van der Waals surface area contributed by atoms with Crippen molar-refractivity contribution in [2.45, 2.75) is 45.6 Å². The molecule has 18 heavy (non-hydrogen) atoms. The van der Waals surface area contributed by atoms with E-state index in [1.54, 1.807) is 6.08 Å². The minimum absolute atomic E-state index is 0.505. The second-order valence-corrected chi connectivity index (χ2v) is 4.91. The van der Waals surface area contributed by atoms with E-state index < -0.39 is 5.97 Å². The molecule has 0 aliphatic carbocycles. The van der Waals surface area contributed by atoms with Crippen LogP contribution in [-0.2, 0) is 4.79 Å². The van der Waals surface area contributed by atoms with Gasteiger partial charge in [0.05, 0.1) is 0 Å². The second-order valence-electron chi connectivity index (χ2n) is 4.91. The average Bonchev–Trinajstić information content (AvgIpc) is 2.36. The van der Waals surface area contributed by atoms with Crippen LogP contribution < -0.4 is 5.32 Å². The van der Waals surface area contributed by atoms with E-state index in [1.165, 1.54) is 25.8 Å². The number of hydrogen-bond acceptors (Lipinski definition) is 3. The fourth-order valence-electron chi connectivity index (χ4n) is 2.41. The maximum atomic E-state index is 10.8. The summed E-state index contributed by atoms with van der Waals surface area (Å²) < 4.78 is 0. The van der Waals surface area contributed by atoms with Gasteiger partial charge < -0.3 is 15.3 Å². The van der Waals surface area contributed by atoms with Crippen molar-refractivity contribution in [3.8, 4) is 0 Å². The van der Waals surface area contributed by atoms with Gasteiger partial charge in [-0.1, -0.05) is 19.9 Å². The summed E-state index contributed by atoms with van der Waals surface area (Å²) in [5.41, 5.74) is 0.505. The third kappa shape index (κ3) is 5.19. The fraction of sp³-hybridized carbons (Fsp3) is 0.786. The van der Waals surface area contributed by atoms with E-state index in [1.807, 2.05) is 6.92 Å². The highest BCUT2D eigenvalue weighted by atomic mass is 16.4. The first-order valence-corrected chi connectivity index (χ1v) is 7.05. The van der Waals surface area contributed by atoms with Crippen LogP contribution in [-0.4, -0.2) is 48.2 Å². The number of likely N-dealkylation sites (tertiary alicyclic amines) is 1. The molecule has 0 aromatic rings. The molecule has 0 aromatic heterocycles. The van der Waals surface area contributed by atoms with Crippen molar-refractivity contribution in [1.82, 2.24) is 10.2 Å². The molecule has 0 unspecified atom stereocenters. The predicted octanol–water partition coefficient (Wildman–Crippen LogP) is 1.87. The summed E-state index contributed by atoms with van der Waals surface area (Å²) in [5, 5.41) is 12.3. The highest BCUT2D eigenvalue weighted by Crippen LogP contribution is 2.10. The monoisotopic (exact) mass is 254 g/mol. The smallest absolute Gasteiger partial charge is 0.331 e. The van der Waals surface area contributed by atoms with Gasteiger partial charge in [-0.15, -0.1) is 0 Å². The Morgan fingerprint density at radius 3 is 2.56 bits per heavy atom. The average molecular weight is 254 g/mol. The second kappa shape index (κ2) is 8.27. The Morgan fingerprint density at radius 1 is 1.39 bits per heavy atom. The number of rotatable bonds is 7. The normalized spacial score (nSPS) is 19.1. The van der Waals surface area contributed by atoms with E-state index in [0.717, 1.165) is 13.1 Å². The Morgan fingerprint density at radius 2 is 2.06 bits per heavy atom. The van der Waals surface area contributed by atoms with Gasteiger partial charge in [-0.05, 0) is 45.3 Å². The summed E-state index contributed by atoms with van der Waals surface area (Å²) in [5.74, 6) is -0.794. The molecule has 1 fully saturated rings. The van der Waals surface area contributed by atoms with Gasteiger partial charge in [-0.2, -0.15) is 0 Å². The van der Waals surface area contributed by atoms with Crippen molar-refractivity contribution in [2.24, 2.45) is 0 Å². The molecule has 4 nitrogen and oxygen atoms in total. The minimum Gasteiger partial charge on any atom is -0.478 e. The van der Waals surface area contributed by atoms with Gasteiger partial charge in [0.25, 0.3) is 0 Å². The Kier molecular flexibility index (Phi) is 6.98. The third-order valence-corrected chi connectivity index (χ3v) is 3.54. The number of nitrogens with zero attached hydrogens (tertiary/aromatic N) is 1. The molecule has 1 rings (SSSR count). The number of hydrogen-bond donors (Lipinski definition) is 2. The Bertz CT molecular complexity index is 282. The zero-order valence-electron chi connectivity index (χ0n) is 11.6. The molecule has 1 saturated heterocycles. The first-order valence-electron chi connectivity index (χ1n) is 7.05. The van der Waals surface area contributed by atoms with Crippen LogP contribution in [0.5, 0.6) is 0 Å². The van der Waals surface area contributed by atoms with Gasteiger partial charge in [-0.25, -0.2) is 4.79 Å². The largest absolute Gasteiger partial charge is 0.478 e. The SMILES string of the molecule is CCCN1CCC(NC/C=C(/CC)C(=O)O)CC1. The zero-order valence-corrected chi connectivity index (χ0v) is 11.6.